The Morgan fingerprint density at radius 2 is 2.10 bits per heavy atom. The lowest BCUT2D eigenvalue weighted by Gasteiger charge is -2.18. The normalized spacial score (nSPS) is 11.8. The second kappa shape index (κ2) is 6.01. The van der Waals surface area contributed by atoms with Crippen LogP contribution in [-0.4, -0.2) is 24.8 Å². The Balaban J connectivity index is 2.36. The van der Waals surface area contributed by atoms with E-state index in [2.05, 4.69) is 4.98 Å². The van der Waals surface area contributed by atoms with E-state index in [1.807, 2.05) is 6.07 Å². The van der Waals surface area contributed by atoms with Gasteiger partial charge in [0, 0.05) is 31.7 Å². The van der Waals surface area contributed by atoms with Crippen molar-refractivity contribution in [3.63, 3.8) is 0 Å². The molecule has 0 bridgehead atoms. The van der Waals surface area contributed by atoms with Crippen molar-refractivity contribution in [2.24, 2.45) is 0 Å². The number of sulfonamides is 1. The molecule has 2 aromatic rings. The molecular weight excluding hydrogens is 310 g/mol. The summed E-state index contributed by atoms with van der Waals surface area (Å²) in [4.78, 5) is 3.98. The maximum atomic E-state index is 12.6. The van der Waals surface area contributed by atoms with Crippen molar-refractivity contribution >= 4 is 27.3 Å². The van der Waals surface area contributed by atoms with Crippen molar-refractivity contribution in [1.29, 1.82) is 0 Å². The number of benzene rings is 1. The zero-order valence-corrected chi connectivity index (χ0v) is 13.3. The van der Waals surface area contributed by atoms with Gasteiger partial charge in [0.1, 0.15) is 4.90 Å². The molecule has 7 heteroatoms. The van der Waals surface area contributed by atoms with Gasteiger partial charge in [-0.15, -0.1) is 0 Å². The van der Waals surface area contributed by atoms with E-state index in [1.165, 1.54) is 17.4 Å². The summed E-state index contributed by atoms with van der Waals surface area (Å²) in [6.45, 7) is 1.98. The van der Waals surface area contributed by atoms with Gasteiger partial charge in [0.25, 0.3) is 0 Å². The first-order chi connectivity index (χ1) is 9.82. The third kappa shape index (κ3) is 3.34. The largest absolute Gasteiger partial charge is 0.398 e. The second-order valence-electron chi connectivity index (χ2n) is 4.76. The van der Waals surface area contributed by atoms with Crippen molar-refractivity contribution < 1.29 is 8.42 Å². The van der Waals surface area contributed by atoms with Crippen molar-refractivity contribution in [1.82, 2.24) is 9.29 Å². The highest BCUT2D eigenvalue weighted by molar-refractivity contribution is 7.89. The number of nitrogens with zero attached hydrogens (tertiary/aromatic N) is 2. The molecule has 1 aromatic carbocycles. The number of aryl methyl sites for hydroxylation is 1. The van der Waals surface area contributed by atoms with Crippen molar-refractivity contribution in [3.8, 4) is 0 Å². The quantitative estimate of drug-likeness (QED) is 0.876. The number of pyridine rings is 1. The van der Waals surface area contributed by atoms with Crippen LogP contribution >= 0.6 is 11.6 Å². The molecular formula is C14H16ClN3O2S. The highest BCUT2D eigenvalue weighted by Crippen LogP contribution is 2.29. The van der Waals surface area contributed by atoms with Crippen LogP contribution in [0.1, 0.15) is 11.1 Å². The monoisotopic (exact) mass is 325 g/mol. The van der Waals surface area contributed by atoms with Gasteiger partial charge in [-0.25, -0.2) is 8.42 Å². The first-order valence-electron chi connectivity index (χ1n) is 6.23. The summed E-state index contributed by atoms with van der Waals surface area (Å²) in [7, 11) is -2.22. The predicted octanol–water partition coefficient (Wildman–Crippen LogP) is 2.45. The van der Waals surface area contributed by atoms with E-state index in [0.29, 0.717) is 5.69 Å². The molecule has 21 heavy (non-hydrogen) atoms. The first-order valence-corrected chi connectivity index (χ1v) is 8.05. The Kier molecular flexibility index (Phi) is 4.51. The van der Waals surface area contributed by atoms with Crippen LogP contribution in [0.25, 0.3) is 0 Å². The molecule has 2 rings (SSSR count). The first kappa shape index (κ1) is 15.8. The summed E-state index contributed by atoms with van der Waals surface area (Å²) in [6, 6.07) is 6.52. The molecule has 0 fully saturated rings. The molecule has 0 unspecified atom stereocenters. The number of halogens is 1. The minimum absolute atomic E-state index is 0.0126. The Morgan fingerprint density at radius 3 is 2.71 bits per heavy atom. The van der Waals surface area contributed by atoms with Crippen LogP contribution in [0.2, 0.25) is 5.02 Å². The zero-order chi connectivity index (χ0) is 15.6. The van der Waals surface area contributed by atoms with Crippen LogP contribution < -0.4 is 5.73 Å². The van der Waals surface area contributed by atoms with Crippen molar-refractivity contribution in [2.45, 2.75) is 18.4 Å². The standard InChI is InChI=1S/C14H16ClN3O2S/c1-10-6-12(15)14(7-13(10)16)21(19,20)18(2)9-11-4-3-5-17-8-11/h3-8H,9,16H2,1-2H3. The van der Waals surface area contributed by atoms with E-state index in [-0.39, 0.29) is 16.5 Å². The minimum Gasteiger partial charge on any atom is -0.398 e. The highest BCUT2D eigenvalue weighted by Gasteiger charge is 2.24. The van der Waals surface area contributed by atoms with E-state index in [1.54, 1.807) is 31.5 Å². The fourth-order valence-electron chi connectivity index (χ4n) is 1.87. The maximum Gasteiger partial charge on any atom is 0.244 e. The van der Waals surface area contributed by atoms with Gasteiger partial charge in [-0.2, -0.15) is 4.31 Å². The number of aromatic nitrogens is 1. The molecule has 0 amide bonds. The molecule has 1 aromatic heterocycles. The summed E-state index contributed by atoms with van der Waals surface area (Å²) < 4.78 is 26.4. The zero-order valence-electron chi connectivity index (χ0n) is 11.7. The van der Waals surface area contributed by atoms with Gasteiger partial charge in [-0.1, -0.05) is 17.7 Å². The Hall–Kier alpha value is -1.63. The number of anilines is 1. The number of hydrogen-bond acceptors (Lipinski definition) is 4. The Morgan fingerprint density at radius 1 is 1.38 bits per heavy atom. The lowest BCUT2D eigenvalue weighted by Crippen LogP contribution is -2.27. The van der Waals surface area contributed by atoms with Crippen molar-refractivity contribution in [3.05, 3.63) is 52.8 Å². The Labute approximate surface area is 129 Å². The molecule has 2 N–H and O–H groups in total. The minimum atomic E-state index is -3.71. The molecule has 112 valence electrons. The van der Waals surface area contributed by atoms with E-state index >= 15 is 0 Å². The van der Waals surface area contributed by atoms with E-state index in [4.69, 9.17) is 17.3 Å². The molecule has 0 spiro atoms. The third-order valence-electron chi connectivity index (χ3n) is 3.14. The summed E-state index contributed by atoms with van der Waals surface area (Å²) in [5.41, 5.74) is 7.72. The topological polar surface area (TPSA) is 76.3 Å². The Bertz CT molecular complexity index is 748. The third-order valence-corrected chi connectivity index (χ3v) is 5.40. The highest BCUT2D eigenvalue weighted by atomic mass is 35.5. The SMILES string of the molecule is Cc1cc(Cl)c(S(=O)(=O)N(C)Cc2cccnc2)cc1N. The lowest BCUT2D eigenvalue weighted by atomic mass is 10.2. The number of nitrogen functional groups attached to an aromatic ring is 1. The predicted molar refractivity (Wildman–Crippen MR) is 83.5 cm³/mol. The van der Waals surface area contributed by atoms with E-state index in [0.717, 1.165) is 11.1 Å². The van der Waals surface area contributed by atoms with Crippen LogP contribution in [0.5, 0.6) is 0 Å². The summed E-state index contributed by atoms with van der Waals surface area (Å²) in [5, 5.41) is 0.166. The molecule has 0 atom stereocenters. The van der Waals surface area contributed by atoms with Crippen LogP contribution in [0, 0.1) is 6.92 Å². The van der Waals surface area contributed by atoms with Gasteiger partial charge >= 0.3 is 0 Å². The smallest absolute Gasteiger partial charge is 0.244 e. The van der Waals surface area contributed by atoms with E-state index < -0.39 is 10.0 Å². The maximum absolute atomic E-state index is 12.6. The van der Waals surface area contributed by atoms with Crippen LogP contribution in [0.15, 0.2) is 41.6 Å². The molecule has 0 aliphatic rings. The molecule has 0 saturated heterocycles. The van der Waals surface area contributed by atoms with Gasteiger partial charge < -0.3 is 5.73 Å². The molecule has 0 radical (unpaired) electrons. The number of rotatable bonds is 4. The van der Waals surface area contributed by atoms with Gasteiger partial charge in [-0.3, -0.25) is 4.98 Å². The molecule has 0 saturated carbocycles. The van der Waals surface area contributed by atoms with Crippen molar-refractivity contribution in [2.75, 3.05) is 12.8 Å². The average molecular weight is 326 g/mol. The molecule has 1 heterocycles. The van der Waals surface area contributed by atoms with E-state index in [9.17, 15) is 8.42 Å². The van der Waals surface area contributed by atoms with Crippen LogP contribution in [0.4, 0.5) is 5.69 Å². The lowest BCUT2D eigenvalue weighted by molar-refractivity contribution is 0.466. The summed E-state index contributed by atoms with van der Waals surface area (Å²) in [5.74, 6) is 0. The second-order valence-corrected chi connectivity index (χ2v) is 7.18. The van der Waals surface area contributed by atoms with Gasteiger partial charge in [-0.05, 0) is 36.2 Å². The molecule has 0 aliphatic heterocycles. The molecule has 0 aliphatic carbocycles. The van der Waals surface area contributed by atoms with Gasteiger partial charge in [0.05, 0.1) is 5.02 Å². The van der Waals surface area contributed by atoms with Gasteiger partial charge in [0.2, 0.25) is 10.0 Å². The number of nitrogens with two attached hydrogens (primary N) is 1. The summed E-state index contributed by atoms with van der Waals surface area (Å²) >= 11 is 6.06. The van der Waals surface area contributed by atoms with Gasteiger partial charge in [0.15, 0.2) is 0 Å². The molecule has 5 nitrogen and oxygen atoms in total. The average Bonchev–Trinajstić information content (AvgIpc) is 2.43. The number of hydrogen-bond donors (Lipinski definition) is 1. The van der Waals surface area contributed by atoms with Crippen LogP contribution in [-0.2, 0) is 16.6 Å². The van der Waals surface area contributed by atoms with Crippen LogP contribution in [0.3, 0.4) is 0 Å². The fraction of sp³-hybridized carbons (Fsp3) is 0.214. The fourth-order valence-corrected chi connectivity index (χ4v) is 3.61. The summed E-state index contributed by atoms with van der Waals surface area (Å²) in [6.07, 6.45) is 3.26.